The summed E-state index contributed by atoms with van der Waals surface area (Å²) in [6.45, 7) is 4.15. The molecule has 172 valence electrons. The van der Waals surface area contributed by atoms with Crippen molar-refractivity contribution in [2.75, 3.05) is 34.4 Å². The number of piperazine rings is 1. The van der Waals surface area contributed by atoms with Crippen LogP contribution in [0.25, 0.3) is 0 Å². The fourth-order valence-corrected chi connectivity index (χ4v) is 6.03. The van der Waals surface area contributed by atoms with Gasteiger partial charge < -0.3 is 9.80 Å². The number of nitrogens with zero attached hydrogens (tertiary/aromatic N) is 6. The third-order valence-electron chi connectivity index (χ3n) is 7.15. The largest absolute Gasteiger partial charge is 0.363 e. The number of anilines is 3. The van der Waals surface area contributed by atoms with Gasteiger partial charge in [0.2, 0.25) is 5.95 Å². The number of carbonyl (C=O) groups excluding carboxylic acids is 1. The number of hydrazone groups is 1. The van der Waals surface area contributed by atoms with E-state index in [-0.39, 0.29) is 11.9 Å². The van der Waals surface area contributed by atoms with E-state index in [0.717, 1.165) is 34.5 Å². The maximum Gasteiger partial charge on any atom is 0.261 e. The van der Waals surface area contributed by atoms with Crippen LogP contribution in [0.2, 0.25) is 5.02 Å². The highest BCUT2D eigenvalue weighted by Crippen LogP contribution is 2.48. The molecule has 3 aromatic rings. The molecule has 7 nitrogen and oxygen atoms in total. The van der Waals surface area contributed by atoms with Gasteiger partial charge in [0.25, 0.3) is 5.91 Å². The highest BCUT2D eigenvalue weighted by molar-refractivity contribution is 9.10. The number of rotatable bonds is 2. The third-order valence-corrected chi connectivity index (χ3v) is 7.89. The first kappa shape index (κ1) is 21.6. The van der Waals surface area contributed by atoms with Crippen molar-refractivity contribution in [1.82, 2.24) is 9.97 Å². The lowest BCUT2D eigenvalue weighted by Crippen LogP contribution is -2.67. The second kappa shape index (κ2) is 8.06. The van der Waals surface area contributed by atoms with Gasteiger partial charge in [-0.1, -0.05) is 27.5 Å². The molecule has 34 heavy (non-hydrogen) atoms. The molecule has 4 heterocycles. The molecule has 1 spiro atoms. The lowest BCUT2D eigenvalue weighted by atomic mass is 9.67. The third kappa shape index (κ3) is 3.23. The fraction of sp³-hybridized carbons (Fsp3) is 0.280. The number of hydrogen-bond donors (Lipinski definition) is 0. The Morgan fingerprint density at radius 2 is 1.85 bits per heavy atom. The van der Waals surface area contributed by atoms with Crippen LogP contribution in [0.15, 0.2) is 70.5 Å². The first-order chi connectivity index (χ1) is 16.5. The minimum Gasteiger partial charge on any atom is -0.363 e. The molecule has 2 aromatic carbocycles. The Hall–Kier alpha value is -2.97. The number of carbonyl (C=O) groups is 1. The Kier molecular flexibility index (Phi) is 5.11. The average Bonchev–Trinajstić information content (AvgIpc) is 3.10. The van der Waals surface area contributed by atoms with Gasteiger partial charge in [0.15, 0.2) is 0 Å². The summed E-state index contributed by atoms with van der Waals surface area (Å²) in [7, 11) is 0. The van der Waals surface area contributed by atoms with Gasteiger partial charge in [0.1, 0.15) is 5.41 Å². The van der Waals surface area contributed by atoms with E-state index in [1.54, 1.807) is 29.5 Å². The van der Waals surface area contributed by atoms with Crippen molar-refractivity contribution in [3.05, 3.63) is 76.0 Å². The van der Waals surface area contributed by atoms with Crippen molar-refractivity contribution in [2.45, 2.75) is 19.4 Å². The summed E-state index contributed by atoms with van der Waals surface area (Å²) in [6, 6.07) is 15.3. The number of halogens is 2. The van der Waals surface area contributed by atoms with Crippen LogP contribution in [0.3, 0.4) is 0 Å². The molecule has 1 aromatic heterocycles. The predicted molar refractivity (Wildman–Crippen MR) is 138 cm³/mol. The van der Waals surface area contributed by atoms with E-state index in [2.05, 4.69) is 53.9 Å². The zero-order chi connectivity index (χ0) is 23.4. The molecule has 0 aliphatic carbocycles. The van der Waals surface area contributed by atoms with Crippen LogP contribution < -0.4 is 14.8 Å². The van der Waals surface area contributed by atoms with Gasteiger partial charge in [0.05, 0.1) is 17.4 Å². The van der Waals surface area contributed by atoms with Crippen molar-refractivity contribution in [3.8, 4) is 0 Å². The second-order valence-corrected chi connectivity index (χ2v) is 10.3. The number of amides is 1. The zero-order valence-electron chi connectivity index (χ0n) is 18.5. The molecule has 1 fully saturated rings. The summed E-state index contributed by atoms with van der Waals surface area (Å²) in [5, 5.41) is 6.97. The van der Waals surface area contributed by atoms with E-state index in [1.165, 1.54) is 5.69 Å². The second-order valence-electron chi connectivity index (χ2n) is 8.90. The molecule has 0 saturated carbocycles. The zero-order valence-corrected chi connectivity index (χ0v) is 20.9. The van der Waals surface area contributed by atoms with Crippen LogP contribution in [-0.4, -0.2) is 47.3 Å². The van der Waals surface area contributed by atoms with Gasteiger partial charge in [-0.15, -0.1) is 0 Å². The molecule has 0 unspecified atom stereocenters. The molecule has 0 bridgehead atoms. The first-order valence-corrected chi connectivity index (χ1v) is 12.4. The minimum absolute atomic E-state index is 0.0104. The normalized spacial score (nSPS) is 23.7. The molecule has 3 aliphatic rings. The molecule has 1 amide bonds. The standard InChI is InChI=1S/C25H22BrClN6O/c1-16-25(23(34)33(30-16)20-6-4-19(27)5-7-20)14-17-13-18(26)3-8-21(17)32-12-11-31(15-22(25)32)24-28-9-2-10-29-24/h2-10,13,22H,11-12,14-15H2,1H3/t22-,25+/m1/s1. The molecular weight excluding hydrogens is 516 g/mol. The molecule has 0 N–H and O–H groups in total. The molecule has 6 rings (SSSR count). The molecular formula is C25H22BrClN6O. The van der Waals surface area contributed by atoms with Crippen molar-refractivity contribution < 1.29 is 4.79 Å². The summed E-state index contributed by atoms with van der Waals surface area (Å²) in [5.41, 5.74) is 3.08. The number of benzene rings is 2. The summed E-state index contributed by atoms with van der Waals surface area (Å²) >= 11 is 9.71. The van der Waals surface area contributed by atoms with Gasteiger partial charge >= 0.3 is 0 Å². The molecule has 3 aliphatic heterocycles. The maximum atomic E-state index is 14.3. The van der Waals surface area contributed by atoms with Crippen molar-refractivity contribution in [3.63, 3.8) is 0 Å². The van der Waals surface area contributed by atoms with Crippen molar-refractivity contribution in [2.24, 2.45) is 10.5 Å². The number of aromatic nitrogens is 2. The van der Waals surface area contributed by atoms with Crippen LogP contribution in [0.5, 0.6) is 0 Å². The Labute approximate surface area is 211 Å². The Balaban J connectivity index is 1.46. The quantitative estimate of drug-likeness (QED) is 0.480. The van der Waals surface area contributed by atoms with Gasteiger partial charge in [-0.05, 0) is 67.4 Å². The van der Waals surface area contributed by atoms with Crippen molar-refractivity contribution >= 4 is 56.5 Å². The maximum absolute atomic E-state index is 14.3. The Bertz CT molecular complexity index is 1300. The smallest absolute Gasteiger partial charge is 0.261 e. The van der Waals surface area contributed by atoms with E-state index in [1.807, 2.05) is 25.1 Å². The molecule has 0 radical (unpaired) electrons. The monoisotopic (exact) mass is 536 g/mol. The Morgan fingerprint density at radius 1 is 1.09 bits per heavy atom. The lowest BCUT2D eigenvalue weighted by Gasteiger charge is -2.53. The van der Waals surface area contributed by atoms with Gasteiger partial charge in [-0.2, -0.15) is 10.1 Å². The first-order valence-electron chi connectivity index (χ1n) is 11.2. The molecule has 2 atom stereocenters. The molecule has 1 saturated heterocycles. The lowest BCUT2D eigenvalue weighted by molar-refractivity contribution is -0.125. The van der Waals surface area contributed by atoms with E-state index in [9.17, 15) is 4.79 Å². The van der Waals surface area contributed by atoms with Crippen LogP contribution in [0.1, 0.15) is 12.5 Å². The van der Waals surface area contributed by atoms with E-state index in [0.29, 0.717) is 23.9 Å². The molecule has 9 heteroatoms. The number of fused-ring (bicyclic) bond motifs is 4. The van der Waals surface area contributed by atoms with Gasteiger partial charge in [0, 0.05) is 47.2 Å². The SMILES string of the molecule is CC1=NN(c2ccc(Cl)cc2)C(=O)[C@@]12Cc1cc(Br)ccc1N1CCN(c3ncccn3)C[C@@H]12. The average molecular weight is 538 g/mol. The van der Waals surface area contributed by atoms with Gasteiger partial charge in [-0.25, -0.2) is 9.97 Å². The van der Waals surface area contributed by atoms with E-state index >= 15 is 0 Å². The number of hydrogen-bond acceptors (Lipinski definition) is 6. The summed E-state index contributed by atoms with van der Waals surface area (Å²) < 4.78 is 1.01. The van der Waals surface area contributed by atoms with Crippen LogP contribution in [0.4, 0.5) is 17.3 Å². The van der Waals surface area contributed by atoms with Crippen molar-refractivity contribution in [1.29, 1.82) is 0 Å². The Morgan fingerprint density at radius 3 is 2.62 bits per heavy atom. The highest BCUT2D eigenvalue weighted by atomic mass is 79.9. The van der Waals surface area contributed by atoms with E-state index < -0.39 is 5.41 Å². The van der Waals surface area contributed by atoms with E-state index in [4.69, 9.17) is 16.7 Å². The van der Waals surface area contributed by atoms with Crippen LogP contribution >= 0.6 is 27.5 Å². The summed E-state index contributed by atoms with van der Waals surface area (Å²) in [4.78, 5) is 27.8. The summed E-state index contributed by atoms with van der Waals surface area (Å²) in [5.74, 6) is 0.678. The topological polar surface area (TPSA) is 64.9 Å². The van der Waals surface area contributed by atoms with Crippen LogP contribution in [0, 0.1) is 5.41 Å². The fourth-order valence-electron chi connectivity index (χ4n) is 5.50. The predicted octanol–water partition coefficient (Wildman–Crippen LogP) is 4.55. The van der Waals surface area contributed by atoms with Crippen LogP contribution in [-0.2, 0) is 11.2 Å². The highest BCUT2D eigenvalue weighted by Gasteiger charge is 2.60. The minimum atomic E-state index is -0.791. The summed E-state index contributed by atoms with van der Waals surface area (Å²) in [6.07, 6.45) is 4.10. The van der Waals surface area contributed by atoms with Gasteiger partial charge in [-0.3, -0.25) is 4.79 Å².